The second-order valence-electron chi connectivity index (χ2n) is 5.01. The van der Waals surface area contributed by atoms with Crippen molar-refractivity contribution >= 4 is 5.91 Å². The summed E-state index contributed by atoms with van der Waals surface area (Å²) in [5, 5.41) is 0. The Morgan fingerprint density at radius 1 is 1.56 bits per heavy atom. The van der Waals surface area contributed by atoms with Crippen LogP contribution in [0.3, 0.4) is 0 Å². The summed E-state index contributed by atoms with van der Waals surface area (Å²) in [6, 6.07) is 2.42. The SMILES string of the molecule is Cc1oc(CN(C)C2CCCC2)cc1C(=O)NN. The lowest BCUT2D eigenvalue weighted by Gasteiger charge is -2.22. The van der Waals surface area contributed by atoms with Crippen LogP contribution >= 0.6 is 0 Å². The van der Waals surface area contributed by atoms with Crippen molar-refractivity contribution in [3.8, 4) is 0 Å². The normalized spacial score (nSPS) is 16.4. The Kier molecular flexibility index (Phi) is 4.04. The first kappa shape index (κ1) is 13.1. The number of hydrazine groups is 1. The number of carbonyl (C=O) groups is 1. The van der Waals surface area contributed by atoms with Crippen LogP contribution in [0.2, 0.25) is 0 Å². The highest BCUT2D eigenvalue weighted by molar-refractivity contribution is 5.94. The highest BCUT2D eigenvalue weighted by Crippen LogP contribution is 2.24. The van der Waals surface area contributed by atoms with E-state index in [1.807, 2.05) is 0 Å². The second kappa shape index (κ2) is 5.54. The van der Waals surface area contributed by atoms with E-state index >= 15 is 0 Å². The first-order valence-corrected chi connectivity index (χ1v) is 6.42. The minimum absolute atomic E-state index is 0.300. The molecule has 1 heterocycles. The lowest BCUT2D eigenvalue weighted by molar-refractivity contribution is 0.0952. The first-order chi connectivity index (χ1) is 8.61. The van der Waals surface area contributed by atoms with E-state index < -0.39 is 0 Å². The van der Waals surface area contributed by atoms with E-state index in [0.29, 0.717) is 17.4 Å². The molecule has 5 nitrogen and oxygen atoms in total. The fourth-order valence-electron chi connectivity index (χ4n) is 2.64. The van der Waals surface area contributed by atoms with Gasteiger partial charge in [0.25, 0.3) is 5.91 Å². The van der Waals surface area contributed by atoms with Crippen LogP contribution in [0.15, 0.2) is 10.5 Å². The molecule has 1 fully saturated rings. The van der Waals surface area contributed by atoms with Crippen molar-refractivity contribution < 1.29 is 9.21 Å². The molecule has 0 spiro atoms. The van der Waals surface area contributed by atoms with Gasteiger partial charge in [-0.25, -0.2) is 5.84 Å². The Hall–Kier alpha value is -1.33. The van der Waals surface area contributed by atoms with Crippen LogP contribution in [0, 0.1) is 6.92 Å². The maximum Gasteiger partial charge on any atom is 0.268 e. The summed E-state index contributed by atoms with van der Waals surface area (Å²) < 4.78 is 5.61. The zero-order valence-corrected chi connectivity index (χ0v) is 11.0. The fourth-order valence-corrected chi connectivity index (χ4v) is 2.64. The number of hydrogen-bond acceptors (Lipinski definition) is 4. The molecule has 0 unspecified atom stereocenters. The average Bonchev–Trinajstić information content (AvgIpc) is 2.97. The lowest BCUT2D eigenvalue weighted by Crippen LogP contribution is -2.30. The average molecular weight is 251 g/mol. The number of amides is 1. The third-order valence-corrected chi connectivity index (χ3v) is 3.70. The molecule has 1 aromatic rings. The number of aryl methyl sites for hydroxylation is 1. The predicted molar refractivity (Wildman–Crippen MR) is 68.8 cm³/mol. The second-order valence-corrected chi connectivity index (χ2v) is 5.01. The number of nitrogen functional groups attached to an aromatic ring is 1. The highest BCUT2D eigenvalue weighted by Gasteiger charge is 2.21. The standard InChI is InChI=1S/C13H21N3O2/c1-9-12(13(17)15-14)7-11(18-9)8-16(2)10-5-3-4-6-10/h7,10H,3-6,8,14H2,1-2H3,(H,15,17). The molecular formula is C13H21N3O2. The van der Waals surface area contributed by atoms with Crippen molar-refractivity contribution in [1.82, 2.24) is 10.3 Å². The van der Waals surface area contributed by atoms with Crippen LogP contribution in [0.25, 0.3) is 0 Å². The Bertz CT molecular complexity index is 422. The molecule has 3 N–H and O–H groups in total. The molecule has 2 rings (SSSR count). The molecule has 1 amide bonds. The van der Waals surface area contributed by atoms with E-state index in [9.17, 15) is 4.79 Å². The van der Waals surface area contributed by atoms with Crippen LogP contribution in [0.1, 0.15) is 47.6 Å². The number of hydrogen-bond donors (Lipinski definition) is 2. The largest absolute Gasteiger partial charge is 0.464 e. The van der Waals surface area contributed by atoms with E-state index in [2.05, 4.69) is 17.4 Å². The molecule has 0 aliphatic heterocycles. The maximum atomic E-state index is 11.5. The Morgan fingerprint density at radius 2 is 2.22 bits per heavy atom. The molecule has 18 heavy (non-hydrogen) atoms. The molecule has 1 aromatic heterocycles. The fraction of sp³-hybridized carbons (Fsp3) is 0.615. The van der Waals surface area contributed by atoms with Crippen molar-refractivity contribution in [2.45, 2.75) is 45.2 Å². The summed E-state index contributed by atoms with van der Waals surface area (Å²) in [4.78, 5) is 13.8. The topological polar surface area (TPSA) is 71.5 Å². The van der Waals surface area contributed by atoms with Gasteiger partial charge in [0.05, 0.1) is 12.1 Å². The minimum atomic E-state index is -0.300. The zero-order chi connectivity index (χ0) is 13.1. The Morgan fingerprint density at radius 3 is 2.83 bits per heavy atom. The molecule has 0 atom stereocenters. The van der Waals surface area contributed by atoms with Gasteiger partial charge in [-0.2, -0.15) is 0 Å². The third-order valence-electron chi connectivity index (χ3n) is 3.70. The van der Waals surface area contributed by atoms with Crippen molar-refractivity contribution in [2.24, 2.45) is 5.84 Å². The number of nitrogens with zero attached hydrogens (tertiary/aromatic N) is 1. The molecule has 1 aliphatic carbocycles. The molecule has 5 heteroatoms. The van der Waals surface area contributed by atoms with Crippen LogP contribution in [-0.2, 0) is 6.54 Å². The van der Waals surface area contributed by atoms with Gasteiger partial charge in [0.2, 0.25) is 0 Å². The maximum absolute atomic E-state index is 11.5. The highest BCUT2D eigenvalue weighted by atomic mass is 16.3. The van der Waals surface area contributed by atoms with E-state index in [-0.39, 0.29) is 5.91 Å². The van der Waals surface area contributed by atoms with E-state index in [1.165, 1.54) is 25.7 Å². The summed E-state index contributed by atoms with van der Waals surface area (Å²) in [6.45, 7) is 2.52. The van der Waals surface area contributed by atoms with E-state index in [0.717, 1.165) is 12.3 Å². The minimum Gasteiger partial charge on any atom is -0.464 e. The first-order valence-electron chi connectivity index (χ1n) is 6.42. The van der Waals surface area contributed by atoms with Gasteiger partial charge < -0.3 is 4.42 Å². The van der Waals surface area contributed by atoms with Gasteiger partial charge in [0.15, 0.2) is 0 Å². The van der Waals surface area contributed by atoms with Crippen LogP contribution in [0.4, 0.5) is 0 Å². The number of furan rings is 1. The van der Waals surface area contributed by atoms with E-state index in [1.54, 1.807) is 13.0 Å². The number of carbonyl (C=O) groups excluding carboxylic acids is 1. The predicted octanol–water partition coefficient (Wildman–Crippen LogP) is 1.57. The quantitative estimate of drug-likeness (QED) is 0.484. The molecule has 1 saturated carbocycles. The van der Waals surface area contributed by atoms with Crippen LogP contribution in [0.5, 0.6) is 0 Å². The number of nitrogens with one attached hydrogen (secondary N) is 1. The summed E-state index contributed by atoms with van der Waals surface area (Å²) in [5.74, 6) is 6.27. The molecule has 0 radical (unpaired) electrons. The van der Waals surface area contributed by atoms with Crippen molar-refractivity contribution in [3.63, 3.8) is 0 Å². The Labute approximate surface area is 107 Å². The number of nitrogens with two attached hydrogens (primary N) is 1. The molecule has 0 saturated heterocycles. The molecule has 0 bridgehead atoms. The smallest absolute Gasteiger partial charge is 0.268 e. The van der Waals surface area contributed by atoms with Gasteiger partial charge in [-0.1, -0.05) is 12.8 Å². The summed E-state index contributed by atoms with van der Waals surface area (Å²) >= 11 is 0. The van der Waals surface area contributed by atoms with Crippen molar-refractivity contribution in [1.29, 1.82) is 0 Å². The third kappa shape index (κ3) is 2.73. The van der Waals surface area contributed by atoms with Gasteiger partial charge in [0.1, 0.15) is 11.5 Å². The molecule has 1 aliphatic rings. The molecule has 100 valence electrons. The van der Waals surface area contributed by atoms with E-state index in [4.69, 9.17) is 10.3 Å². The zero-order valence-electron chi connectivity index (χ0n) is 11.0. The summed E-state index contributed by atoms with van der Waals surface area (Å²) in [5.41, 5.74) is 2.65. The Balaban J connectivity index is 2.03. The van der Waals surface area contributed by atoms with Crippen LogP contribution in [-0.4, -0.2) is 23.9 Å². The van der Waals surface area contributed by atoms with Gasteiger partial charge in [-0.15, -0.1) is 0 Å². The van der Waals surface area contributed by atoms with Crippen LogP contribution < -0.4 is 11.3 Å². The molecule has 0 aromatic carbocycles. The number of rotatable bonds is 4. The lowest BCUT2D eigenvalue weighted by atomic mass is 10.2. The van der Waals surface area contributed by atoms with Gasteiger partial charge >= 0.3 is 0 Å². The van der Waals surface area contributed by atoms with Gasteiger partial charge in [-0.3, -0.25) is 15.1 Å². The van der Waals surface area contributed by atoms with Gasteiger partial charge in [-0.05, 0) is 32.9 Å². The summed E-state index contributed by atoms with van der Waals surface area (Å²) in [6.07, 6.45) is 5.14. The molecular weight excluding hydrogens is 230 g/mol. The van der Waals surface area contributed by atoms with Crippen molar-refractivity contribution in [3.05, 3.63) is 23.2 Å². The van der Waals surface area contributed by atoms with Gasteiger partial charge in [0, 0.05) is 6.04 Å². The van der Waals surface area contributed by atoms with Crippen molar-refractivity contribution in [2.75, 3.05) is 7.05 Å². The summed E-state index contributed by atoms with van der Waals surface area (Å²) in [7, 11) is 2.11. The monoisotopic (exact) mass is 251 g/mol.